The lowest BCUT2D eigenvalue weighted by atomic mass is 9.98. The number of likely N-dealkylation sites (tertiary alicyclic amines) is 1. The first-order valence-electron chi connectivity index (χ1n) is 8.61. The van der Waals surface area contributed by atoms with Crippen LogP contribution >= 0.6 is 24.0 Å². The van der Waals surface area contributed by atoms with Crippen LogP contribution in [0, 0.1) is 5.92 Å². The van der Waals surface area contributed by atoms with Crippen molar-refractivity contribution in [2.24, 2.45) is 10.9 Å². The van der Waals surface area contributed by atoms with Crippen molar-refractivity contribution >= 4 is 35.9 Å². The van der Waals surface area contributed by atoms with E-state index in [2.05, 4.69) is 15.2 Å². The fourth-order valence-electron chi connectivity index (χ4n) is 2.87. The third-order valence-electron chi connectivity index (χ3n) is 4.00. The van der Waals surface area contributed by atoms with Crippen molar-refractivity contribution < 1.29 is 14.6 Å². The molecule has 0 saturated carbocycles. The lowest BCUT2D eigenvalue weighted by Gasteiger charge is -2.34. The van der Waals surface area contributed by atoms with Gasteiger partial charge in [-0.25, -0.2) is 4.99 Å². The van der Waals surface area contributed by atoms with Gasteiger partial charge < -0.3 is 20.1 Å². The van der Waals surface area contributed by atoms with E-state index in [4.69, 9.17) is 4.74 Å². The fourth-order valence-corrected chi connectivity index (χ4v) is 2.87. The van der Waals surface area contributed by atoms with Crippen molar-refractivity contribution in [1.29, 1.82) is 0 Å². The predicted molar refractivity (Wildman–Crippen MR) is 109 cm³/mol. The number of halogens is 1. The number of rotatable bonds is 5. The Bertz CT molecular complexity index is 580. The number of hydrogen-bond acceptors (Lipinski definition) is 4. The third-order valence-corrected chi connectivity index (χ3v) is 4.00. The molecule has 0 spiro atoms. The van der Waals surface area contributed by atoms with Crippen LogP contribution in [0.4, 0.5) is 0 Å². The Morgan fingerprint density at radius 1 is 1.44 bits per heavy atom. The Labute approximate surface area is 166 Å². The lowest BCUT2D eigenvalue weighted by Crippen LogP contribution is -2.48. The predicted octanol–water partition coefficient (Wildman–Crippen LogP) is 2.75. The number of benzene rings is 1. The maximum absolute atomic E-state index is 12.0. The molecule has 1 saturated heterocycles. The van der Waals surface area contributed by atoms with Gasteiger partial charge in [0.25, 0.3) is 0 Å². The maximum Gasteiger partial charge on any atom is 0.310 e. The minimum Gasteiger partial charge on any atom is -0.508 e. The number of phenolic OH excluding ortho intramolecular Hbond substituents is 1. The van der Waals surface area contributed by atoms with E-state index in [9.17, 15) is 9.90 Å². The fraction of sp³-hybridized carbons (Fsp3) is 0.556. The SMILES string of the molecule is CCNC(=NCc1cccc(O)c1)N1CCC[C@@H](C(=O)OCC)C1.I. The Kier molecular flexibility index (Phi) is 9.62. The Hall–Kier alpha value is -1.51. The number of hydrogen-bond donors (Lipinski definition) is 2. The summed E-state index contributed by atoms with van der Waals surface area (Å²) in [5.41, 5.74) is 0.948. The molecule has 1 fully saturated rings. The van der Waals surface area contributed by atoms with E-state index in [1.54, 1.807) is 12.1 Å². The first kappa shape index (κ1) is 21.5. The van der Waals surface area contributed by atoms with Gasteiger partial charge in [0.1, 0.15) is 5.75 Å². The van der Waals surface area contributed by atoms with Gasteiger partial charge in [0.2, 0.25) is 0 Å². The highest BCUT2D eigenvalue weighted by atomic mass is 127. The van der Waals surface area contributed by atoms with Gasteiger partial charge in [0.15, 0.2) is 5.96 Å². The molecule has 0 aliphatic carbocycles. The second kappa shape index (κ2) is 11.2. The molecule has 1 aliphatic heterocycles. The second-order valence-corrected chi connectivity index (χ2v) is 5.88. The quantitative estimate of drug-likeness (QED) is 0.306. The average Bonchev–Trinajstić information content (AvgIpc) is 2.59. The standard InChI is InChI=1S/C18H27N3O3.HI/c1-3-19-18(20-12-14-7-5-9-16(22)11-14)21-10-6-8-15(13-21)17(23)24-4-2;/h5,7,9,11,15,22H,3-4,6,8,10,12-13H2,1-2H3,(H,19,20);1H/t15-;/m1./s1. The molecule has 0 aromatic heterocycles. The van der Waals surface area contributed by atoms with Crippen molar-refractivity contribution in [2.45, 2.75) is 33.2 Å². The molecule has 1 aromatic rings. The zero-order valence-corrected chi connectivity index (χ0v) is 17.2. The first-order chi connectivity index (χ1) is 11.6. The summed E-state index contributed by atoms with van der Waals surface area (Å²) in [7, 11) is 0. The molecule has 1 atom stereocenters. The van der Waals surface area contributed by atoms with Gasteiger partial charge in [-0.1, -0.05) is 12.1 Å². The van der Waals surface area contributed by atoms with Gasteiger partial charge in [-0.2, -0.15) is 0 Å². The number of aromatic hydroxyl groups is 1. The summed E-state index contributed by atoms with van der Waals surface area (Å²) < 4.78 is 5.16. The smallest absolute Gasteiger partial charge is 0.310 e. The summed E-state index contributed by atoms with van der Waals surface area (Å²) in [6.07, 6.45) is 1.81. The van der Waals surface area contributed by atoms with Gasteiger partial charge in [-0.05, 0) is 44.4 Å². The molecule has 1 heterocycles. The van der Waals surface area contributed by atoms with Gasteiger partial charge in [-0.3, -0.25) is 4.79 Å². The lowest BCUT2D eigenvalue weighted by molar-refractivity contribution is -0.149. The van der Waals surface area contributed by atoms with E-state index in [0.717, 1.165) is 37.5 Å². The summed E-state index contributed by atoms with van der Waals surface area (Å²) in [5.74, 6) is 0.831. The molecule has 0 amide bonds. The van der Waals surface area contributed by atoms with Crippen molar-refractivity contribution in [1.82, 2.24) is 10.2 Å². The molecule has 0 bridgehead atoms. The topological polar surface area (TPSA) is 74.2 Å². The minimum absolute atomic E-state index is 0. The van der Waals surface area contributed by atoms with E-state index < -0.39 is 0 Å². The number of phenols is 1. The van der Waals surface area contributed by atoms with Crippen molar-refractivity contribution in [3.8, 4) is 5.75 Å². The molecule has 1 aromatic carbocycles. The minimum atomic E-state index is -0.119. The van der Waals surface area contributed by atoms with Crippen LogP contribution in [0.15, 0.2) is 29.3 Å². The Morgan fingerprint density at radius 3 is 2.92 bits per heavy atom. The zero-order valence-electron chi connectivity index (χ0n) is 14.9. The number of guanidine groups is 1. The number of carbonyl (C=O) groups is 1. The molecule has 2 N–H and O–H groups in total. The van der Waals surface area contributed by atoms with Crippen LogP contribution in [0.1, 0.15) is 32.3 Å². The molecule has 6 nitrogen and oxygen atoms in total. The Morgan fingerprint density at radius 2 is 2.24 bits per heavy atom. The van der Waals surface area contributed by atoms with E-state index in [1.807, 2.05) is 26.0 Å². The maximum atomic E-state index is 12.0. The number of aliphatic imine (C=N–C) groups is 1. The molecule has 1 aliphatic rings. The molecule has 2 rings (SSSR count). The molecular weight excluding hydrogens is 433 g/mol. The molecule has 25 heavy (non-hydrogen) atoms. The third kappa shape index (κ3) is 6.72. The number of ether oxygens (including phenoxy) is 1. The van der Waals surface area contributed by atoms with Crippen LogP contribution in [0.2, 0.25) is 0 Å². The van der Waals surface area contributed by atoms with Crippen LogP contribution in [-0.4, -0.2) is 48.2 Å². The van der Waals surface area contributed by atoms with Gasteiger partial charge in [0, 0.05) is 19.6 Å². The van der Waals surface area contributed by atoms with Crippen LogP contribution in [-0.2, 0) is 16.1 Å². The highest BCUT2D eigenvalue weighted by Crippen LogP contribution is 2.18. The molecule has 0 unspecified atom stereocenters. The highest BCUT2D eigenvalue weighted by molar-refractivity contribution is 14.0. The number of nitrogens with zero attached hydrogens (tertiary/aromatic N) is 2. The van der Waals surface area contributed by atoms with Gasteiger partial charge >= 0.3 is 5.97 Å². The molecule has 140 valence electrons. The summed E-state index contributed by atoms with van der Waals surface area (Å²) in [6, 6.07) is 7.10. The average molecular weight is 461 g/mol. The second-order valence-electron chi connectivity index (χ2n) is 5.88. The van der Waals surface area contributed by atoms with Crippen LogP contribution in [0.25, 0.3) is 0 Å². The monoisotopic (exact) mass is 461 g/mol. The van der Waals surface area contributed by atoms with E-state index in [0.29, 0.717) is 19.7 Å². The Balaban J connectivity index is 0.00000312. The first-order valence-corrected chi connectivity index (χ1v) is 8.61. The molecule has 0 radical (unpaired) electrons. The van der Waals surface area contributed by atoms with Crippen molar-refractivity contribution in [3.63, 3.8) is 0 Å². The van der Waals surface area contributed by atoms with Crippen molar-refractivity contribution in [2.75, 3.05) is 26.2 Å². The van der Waals surface area contributed by atoms with E-state index >= 15 is 0 Å². The van der Waals surface area contributed by atoms with Crippen LogP contribution < -0.4 is 5.32 Å². The summed E-state index contributed by atoms with van der Waals surface area (Å²) in [5, 5.41) is 12.8. The number of esters is 1. The molecular formula is C18H28IN3O3. The summed E-state index contributed by atoms with van der Waals surface area (Å²) in [6.45, 7) is 7.03. The zero-order chi connectivity index (χ0) is 17.4. The normalized spacial score (nSPS) is 17.6. The summed E-state index contributed by atoms with van der Waals surface area (Å²) >= 11 is 0. The van der Waals surface area contributed by atoms with Gasteiger partial charge in [-0.15, -0.1) is 24.0 Å². The van der Waals surface area contributed by atoms with E-state index in [1.165, 1.54) is 0 Å². The molecule has 7 heteroatoms. The largest absolute Gasteiger partial charge is 0.508 e. The highest BCUT2D eigenvalue weighted by Gasteiger charge is 2.28. The van der Waals surface area contributed by atoms with Crippen LogP contribution in [0.3, 0.4) is 0 Å². The number of carbonyl (C=O) groups excluding carboxylic acids is 1. The van der Waals surface area contributed by atoms with E-state index in [-0.39, 0.29) is 41.6 Å². The number of nitrogens with one attached hydrogen (secondary N) is 1. The van der Waals surface area contributed by atoms with Crippen LogP contribution in [0.5, 0.6) is 5.75 Å². The van der Waals surface area contributed by atoms with Gasteiger partial charge in [0.05, 0.1) is 19.1 Å². The number of piperidine rings is 1. The van der Waals surface area contributed by atoms with Crippen molar-refractivity contribution in [3.05, 3.63) is 29.8 Å². The summed E-state index contributed by atoms with van der Waals surface area (Å²) in [4.78, 5) is 18.8.